The molecule has 1 aromatic rings. The molecule has 0 saturated heterocycles. The van der Waals surface area contributed by atoms with Gasteiger partial charge in [0.25, 0.3) is 5.91 Å². The summed E-state index contributed by atoms with van der Waals surface area (Å²) in [5, 5.41) is 3.01. The van der Waals surface area contributed by atoms with Gasteiger partial charge in [0.2, 0.25) is 0 Å². The number of carbonyl (C=O) groups excluding carboxylic acids is 1. The molecule has 0 atom stereocenters. The Labute approximate surface area is 122 Å². The number of carbonyl (C=O) groups is 1. The van der Waals surface area contributed by atoms with Crippen LogP contribution in [0.25, 0.3) is 0 Å². The molecule has 0 aliphatic rings. The normalized spacial score (nSPS) is 11.2. The molecule has 3 N–H and O–H groups in total. The van der Waals surface area contributed by atoms with E-state index in [1.807, 2.05) is 43.3 Å². The summed E-state index contributed by atoms with van der Waals surface area (Å²) in [6, 6.07) is 7.61. The van der Waals surface area contributed by atoms with Gasteiger partial charge in [-0.1, -0.05) is 13.8 Å². The van der Waals surface area contributed by atoms with Crippen LogP contribution in [0.4, 0.5) is 5.69 Å². The van der Waals surface area contributed by atoms with E-state index in [-0.39, 0.29) is 11.3 Å². The molecule has 0 unspecified atom stereocenters. The molecule has 0 fully saturated rings. The van der Waals surface area contributed by atoms with E-state index in [0.717, 1.165) is 18.5 Å². The van der Waals surface area contributed by atoms with Crippen LogP contribution in [0, 0.1) is 5.41 Å². The molecule has 0 radical (unpaired) electrons. The number of hydrogen-bond acceptors (Lipinski definition) is 3. The zero-order valence-corrected chi connectivity index (χ0v) is 13.1. The summed E-state index contributed by atoms with van der Waals surface area (Å²) in [6.07, 6.45) is 1.94. The minimum absolute atomic E-state index is 0.0131. The molecule has 20 heavy (non-hydrogen) atoms. The molecule has 0 bridgehead atoms. The molecule has 0 saturated carbocycles. The molecule has 0 aliphatic heterocycles. The predicted molar refractivity (Wildman–Crippen MR) is 85.2 cm³/mol. The molecule has 0 heterocycles. The van der Waals surface area contributed by atoms with Gasteiger partial charge in [0, 0.05) is 31.9 Å². The van der Waals surface area contributed by atoms with Crippen molar-refractivity contribution in [2.75, 3.05) is 32.1 Å². The third kappa shape index (κ3) is 3.97. The Morgan fingerprint density at radius 2 is 1.75 bits per heavy atom. The first-order chi connectivity index (χ1) is 9.48. The van der Waals surface area contributed by atoms with Gasteiger partial charge >= 0.3 is 0 Å². The van der Waals surface area contributed by atoms with Crippen LogP contribution in [0.3, 0.4) is 0 Å². The first-order valence-corrected chi connectivity index (χ1v) is 7.23. The zero-order chi connectivity index (χ0) is 15.2. The number of nitrogens with two attached hydrogens (primary N) is 1. The number of rotatable bonds is 7. The number of benzene rings is 1. The van der Waals surface area contributed by atoms with Crippen molar-refractivity contribution < 1.29 is 4.79 Å². The lowest BCUT2D eigenvalue weighted by molar-refractivity contribution is 0.0928. The van der Waals surface area contributed by atoms with Gasteiger partial charge in [-0.15, -0.1) is 0 Å². The van der Waals surface area contributed by atoms with Gasteiger partial charge in [-0.2, -0.15) is 0 Å². The monoisotopic (exact) mass is 277 g/mol. The van der Waals surface area contributed by atoms with Gasteiger partial charge in [0.15, 0.2) is 0 Å². The highest BCUT2D eigenvalue weighted by molar-refractivity contribution is 5.94. The summed E-state index contributed by atoms with van der Waals surface area (Å²) >= 11 is 0. The van der Waals surface area contributed by atoms with Gasteiger partial charge in [-0.3, -0.25) is 4.79 Å². The lowest BCUT2D eigenvalue weighted by Gasteiger charge is -2.30. The number of nitrogens with zero attached hydrogens (tertiary/aromatic N) is 1. The van der Waals surface area contributed by atoms with E-state index >= 15 is 0 Å². The average molecular weight is 277 g/mol. The molecule has 1 rings (SSSR count). The van der Waals surface area contributed by atoms with E-state index in [9.17, 15) is 4.79 Å². The molecule has 112 valence electrons. The second-order valence-corrected chi connectivity index (χ2v) is 5.54. The summed E-state index contributed by atoms with van der Waals surface area (Å²) < 4.78 is 0. The van der Waals surface area contributed by atoms with Crippen LogP contribution in [0.5, 0.6) is 0 Å². The van der Waals surface area contributed by atoms with Crippen LogP contribution in [-0.4, -0.2) is 33.1 Å². The summed E-state index contributed by atoms with van der Waals surface area (Å²) in [5.74, 6) is -0.0324. The summed E-state index contributed by atoms with van der Waals surface area (Å²) in [4.78, 5) is 14.2. The summed E-state index contributed by atoms with van der Waals surface area (Å²) in [6.45, 7) is 5.47. The smallest absolute Gasteiger partial charge is 0.251 e. The van der Waals surface area contributed by atoms with Gasteiger partial charge in [-0.05, 0) is 49.1 Å². The van der Waals surface area contributed by atoms with E-state index in [2.05, 4.69) is 19.2 Å². The standard InChI is InChI=1S/C16H27N3O/c1-5-16(6-2,11-17)12-18-15(20)13-7-9-14(10-8-13)19(3)4/h7-10H,5-6,11-12,17H2,1-4H3,(H,18,20). The van der Waals surface area contributed by atoms with Crippen molar-refractivity contribution in [3.8, 4) is 0 Å². The Morgan fingerprint density at radius 1 is 1.20 bits per heavy atom. The maximum absolute atomic E-state index is 12.2. The highest BCUT2D eigenvalue weighted by Gasteiger charge is 2.25. The van der Waals surface area contributed by atoms with E-state index < -0.39 is 0 Å². The fourth-order valence-corrected chi connectivity index (χ4v) is 2.14. The molecule has 1 aromatic carbocycles. The molecule has 0 aromatic heterocycles. The topological polar surface area (TPSA) is 58.4 Å². The van der Waals surface area contributed by atoms with Crippen LogP contribution in [0.1, 0.15) is 37.0 Å². The van der Waals surface area contributed by atoms with E-state index in [1.54, 1.807) is 0 Å². The molecule has 0 aliphatic carbocycles. The highest BCUT2D eigenvalue weighted by Crippen LogP contribution is 2.23. The Kier molecular flexibility index (Phi) is 6.02. The molecular weight excluding hydrogens is 250 g/mol. The van der Waals surface area contributed by atoms with Gasteiger partial charge in [0.1, 0.15) is 0 Å². The summed E-state index contributed by atoms with van der Waals surface area (Å²) in [7, 11) is 3.96. The number of anilines is 1. The molecule has 4 heteroatoms. The fourth-order valence-electron chi connectivity index (χ4n) is 2.14. The molecule has 1 amide bonds. The maximum atomic E-state index is 12.2. The first kappa shape index (κ1) is 16.5. The maximum Gasteiger partial charge on any atom is 0.251 e. The Morgan fingerprint density at radius 3 is 2.15 bits per heavy atom. The summed E-state index contributed by atoms with van der Waals surface area (Å²) in [5.41, 5.74) is 7.64. The van der Waals surface area contributed by atoms with Crippen LogP contribution in [0.15, 0.2) is 24.3 Å². The number of hydrogen-bond donors (Lipinski definition) is 2. The Bertz CT molecular complexity index is 414. The minimum Gasteiger partial charge on any atom is -0.378 e. The SMILES string of the molecule is CCC(CC)(CN)CNC(=O)c1ccc(N(C)C)cc1. The van der Waals surface area contributed by atoms with E-state index in [0.29, 0.717) is 18.7 Å². The van der Waals surface area contributed by atoms with Crippen LogP contribution < -0.4 is 16.0 Å². The van der Waals surface area contributed by atoms with Crippen LogP contribution >= 0.6 is 0 Å². The third-order valence-corrected chi connectivity index (χ3v) is 4.20. The van der Waals surface area contributed by atoms with E-state index in [4.69, 9.17) is 5.73 Å². The van der Waals surface area contributed by atoms with Crippen molar-refractivity contribution in [1.29, 1.82) is 0 Å². The highest BCUT2D eigenvalue weighted by atomic mass is 16.1. The number of amides is 1. The molecule has 0 spiro atoms. The fraction of sp³-hybridized carbons (Fsp3) is 0.562. The van der Waals surface area contributed by atoms with Crippen molar-refractivity contribution in [3.05, 3.63) is 29.8 Å². The van der Waals surface area contributed by atoms with Crippen LogP contribution in [-0.2, 0) is 0 Å². The quantitative estimate of drug-likeness (QED) is 0.803. The van der Waals surface area contributed by atoms with Crippen molar-refractivity contribution >= 4 is 11.6 Å². The molecular formula is C16H27N3O. The second-order valence-electron chi connectivity index (χ2n) is 5.54. The van der Waals surface area contributed by atoms with Gasteiger partial charge in [0.05, 0.1) is 0 Å². The Balaban J connectivity index is 2.67. The Hall–Kier alpha value is -1.55. The predicted octanol–water partition coefficient (Wildman–Crippen LogP) is 2.25. The third-order valence-electron chi connectivity index (χ3n) is 4.20. The van der Waals surface area contributed by atoms with Crippen LogP contribution in [0.2, 0.25) is 0 Å². The lowest BCUT2D eigenvalue weighted by Crippen LogP contribution is -2.41. The minimum atomic E-state index is -0.0324. The lowest BCUT2D eigenvalue weighted by atomic mass is 9.82. The number of nitrogens with one attached hydrogen (secondary N) is 1. The van der Waals surface area contributed by atoms with E-state index in [1.165, 1.54) is 0 Å². The van der Waals surface area contributed by atoms with Gasteiger partial charge < -0.3 is 16.0 Å². The molecule has 4 nitrogen and oxygen atoms in total. The average Bonchev–Trinajstić information content (AvgIpc) is 2.49. The van der Waals surface area contributed by atoms with Crippen molar-refractivity contribution in [2.24, 2.45) is 11.1 Å². The zero-order valence-electron chi connectivity index (χ0n) is 13.1. The second kappa shape index (κ2) is 7.29. The van der Waals surface area contributed by atoms with Crippen molar-refractivity contribution in [1.82, 2.24) is 5.32 Å². The van der Waals surface area contributed by atoms with Crippen molar-refractivity contribution in [2.45, 2.75) is 26.7 Å². The van der Waals surface area contributed by atoms with Crippen molar-refractivity contribution in [3.63, 3.8) is 0 Å². The first-order valence-electron chi connectivity index (χ1n) is 7.23. The van der Waals surface area contributed by atoms with Gasteiger partial charge in [-0.25, -0.2) is 0 Å². The largest absolute Gasteiger partial charge is 0.378 e.